The van der Waals surface area contributed by atoms with Crippen LogP contribution in [0.15, 0.2) is 71.0 Å². The van der Waals surface area contributed by atoms with Crippen LogP contribution in [0.25, 0.3) is 0 Å². The number of carboxylic acids is 1. The van der Waals surface area contributed by atoms with Gasteiger partial charge in [-0.3, -0.25) is 5.01 Å². The summed E-state index contributed by atoms with van der Waals surface area (Å²) < 4.78 is 12.7. The molecule has 9 heteroatoms. The predicted octanol–water partition coefficient (Wildman–Crippen LogP) is 2.01. The Morgan fingerprint density at radius 2 is 1.80 bits per heavy atom. The highest BCUT2D eigenvalue weighted by Crippen LogP contribution is 2.15. The molecule has 0 amide bonds. The summed E-state index contributed by atoms with van der Waals surface area (Å²) in [7, 11) is 3.46. The number of aromatic amines is 1. The SMILES string of the molecule is CN(C)N=Nc1cccc(C(=O)[O-])c1.Nc1ccc(Cc2ccc(F)cc2)c(N)[nH+]1. The molecule has 0 radical (unpaired) electrons. The number of anilines is 2. The summed E-state index contributed by atoms with van der Waals surface area (Å²) in [5.74, 6) is -0.378. The van der Waals surface area contributed by atoms with Crippen molar-refractivity contribution in [3.63, 3.8) is 0 Å². The van der Waals surface area contributed by atoms with Crippen molar-refractivity contribution in [2.45, 2.75) is 6.42 Å². The van der Waals surface area contributed by atoms with Crippen LogP contribution in [0.1, 0.15) is 21.5 Å². The lowest BCUT2D eigenvalue weighted by atomic mass is 10.1. The number of carbonyl (C=O) groups is 1. The Morgan fingerprint density at radius 3 is 2.40 bits per heavy atom. The van der Waals surface area contributed by atoms with Gasteiger partial charge in [0.2, 0.25) is 11.6 Å². The molecule has 0 unspecified atom stereocenters. The zero-order valence-electron chi connectivity index (χ0n) is 16.7. The van der Waals surface area contributed by atoms with Crippen molar-refractivity contribution in [3.05, 3.63) is 83.2 Å². The first-order valence-electron chi connectivity index (χ1n) is 8.95. The molecule has 0 aliphatic carbocycles. The monoisotopic (exact) mass is 410 g/mol. The van der Waals surface area contributed by atoms with E-state index in [9.17, 15) is 14.3 Å². The van der Waals surface area contributed by atoms with Gasteiger partial charge in [-0.25, -0.2) is 9.37 Å². The number of H-pyrrole nitrogens is 1. The standard InChI is InChI=1S/C12H12FN3.C9H11N3O2/c13-10-4-1-8(2-5-10)7-9-3-6-11(14)16-12(9)15;1-12(2)11-10-8-5-3-4-7(6-8)9(13)14/h1-6H,7H2,(H4,14,15,16);3-6H,1-2H3,(H,13,14). The van der Waals surface area contributed by atoms with Gasteiger partial charge < -0.3 is 21.4 Å². The molecule has 3 aromatic rings. The smallest absolute Gasteiger partial charge is 0.220 e. The lowest BCUT2D eigenvalue weighted by Gasteiger charge is -2.03. The summed E-state index contributed by atoms with van der Waals surface area (Å²) in [5, 5.41) is 19.6. The fourth-order valence-electron chi connectivity index (χ4n) is 2.37. The Balaban J connectivity index is 0.000000216. The largest absolute Gasteiger partial charge is 0.545 e. The minimum atomic E-state index is -1.22. The van der Waals surface area contributed by atoms with E-state index in [2.05, 4.69) is 15.3 Å². The molecule has 1 aromatic heterocycles. The summed E-state index contributed by atoms with van der Waals surface area (Å²) in [5.41, 5.74) is 13.9. The molecule has 156 valence electrons. The van der Waals surface area contributed by atoms with Crippen molar-refractivity contribution >= 4 is 23.3 Å². The van der Waals surface area contributed by atoms with Crippen LogP contribution in [0.3, 0.4) is 0 Å². The number of carboxylic acid groups (broad SMARTS) is 1. The van der Waals surface area contributed by atoms with Crippen molar-refractivity contribution in [2.24, 2.45) is 10.3 Å². The number of aromatic carboxylic acids is 1. The van der Waals surface area contributed by atoms with Gasteiger partial charge in [-0.15, -0.1) is 5.11 Å². The van der Waals surface area contributed by atoms with Crippen LogP contribution in [0.2, 0.25) is 0 Å². The van der Waals surface area contributed by atoms with Crippen LogP contribution in [-0.4, -0.2) is 25.1 Å². The Kier molecular flexibility index (Phi) is 7.81. The summed E-state index contributed by atoms with van der Waals surface area (Å²) in [6.45, 7) is 0. The van der Waals surface area contributed by atoms with E-state index < -0.39 is 5.97 Å². The molecule has 8 nitrogen and oxygen atoms in total. The number of hydrogen-bond donors (Lipinski definition) is 2. The Bertz CT molecular complexity index is 1020. The normalized spacial score (nSPS) is 10.4. The average Bonchev–Trinajstić information content (AvgIpc) is 2.71. The molecule has 1 heterocycles. The van der Waals surface area contributed by atoms with Gasteiger partial charge in [0.05, 0.1) is 11.7 Å². The van der Waals surface area contributed by atoms with Gasteiger partial charge in [0.1, 0.15) is 5.82 Å². The van der Waals surface area contributed by atoms with Gasteiger partial charge in [0, 0.05) is 32.1 Å². The van der Waals surface area contributed by atoms with Gasteiger partial charge in [-0.1, -0.05) is 29.5 Å². The quantitative estimate of drug-likeness (QED) is 0.490. The van der Waals surface area contributed by atoms with Crippen LogP contribution in [0, 0.1) is 5.82 Å². The van der Waals surface area contributed by atoms with Crippen molar-refractivity contribution in [1.82, 2.24) is 5.01 Å². The van der Waals surface area contributed by atoms with Gasteiger partial charge in [-0.05, 0) is 41.5 Å². The first kappa shape index (κ1) is 22.3. The van der Waals surface area contributed by atoms with Crippen LogP contribution in [-0.2, 0) is 6.42 Å². The molecule has 0 atom stereocenters. The summed E-state index contributed by atoms with van der Waals surface area (Å²) in [4.78, 5) is 13.3. The van der Waals surface area contributed by atoms with E-state index in [4.69, 9.17) is 11.5 Å². The van der Waals surface area contributed by atoms with E-state index in [1.807, 2.05) is 6.07 Å². The first-order chi connectivity index (χ1) is 14.2. The second kappa shape index (κ2) is 10.5. The second-order valence-corrected chi connectivity index (χ2v) is 6.53. The molecule has 5 N–H and O–H groups in total. The number of benzene rings is 2. The highest BCUT2D eigenvalue weighted by Gasteiger charge is 2.05. The van der Waals surface area contributed by atoms with E-state index in [0.29, 0.717) is 23.7 Å². The maximum Gasteiger partial charge on any atom is 0.220 e. The predicted molar refractivity (Wildman–Crippen MR) is 110 cm³/mol. The number of nitrogens with zero attached hydrogens (tertiary/aromatic N) is 3. The highest BCUT2D eigenvalue weighted by molar-refractivity contribution is 5.86. The Labute approximate surface area is 173 Å². The van der Waals surface area contributed by atoms with Crippen LogP contribution in [0.4, 0.5) is 21.7 Å². The third-order valence-corrected chi connectivity index (χ3v) is 3.82. The fourth-order valence-corrected chi connectivity index (χ4v) is 2.37. The van der Waals surface area contributed by atoms with E-state index in [0.717, 1.165) is 11.1 Å². The van der Waals surface area contributed by atoms with Gasteiger partial charge in [0.25, 0.3) is 0 Å². The molecule has 0 bridgehead atoms. The summed E-state index contributed by atoms with van der Waals surface area (Å²) in [6, 6.07) is 16.1. The van der Waals surface area contributed by atoms with E-state index >= 15 is 0 Å². The Hall–Kier alpha value is -4.01. The number of halogens is 1. The molecule has 0 aliphatic rings. The number of nitrogens with two attached hydrogens (primary N) is 2. The lowest BCUT2D eigenvalue weighted by Crippen LogP contribution is -2.21. The van der Waals surface area contributed by atoms with E-state index in [-0.39, 0.29) is 11.4 Å². The minimum absolute atomic E-state index is 0.0974. The van der Waals surface area contributed by atoms with Crippen molar-refractivity contribution in [3.8, 4) is 0 Å². The lowest BCUT2D eigenvalue weighted by molar-refractivity contribution is -0.343. The number of nitrogen functional groups attached to an aromatic ring is 2. The first-order valence-corrected chi connectivity index (χ1v) is 8.95. The molecule has 0 saturated heterocycles. The average molecular weight is 410 g/mol. The van der Waals surface area contributed by atoms with Gasteiger partial charge in [0.15, 0.2) is 0 Å². The molecular formula is C21H23FN6O2. The molecule has 0 aliphatic heterocycles. The maximum absolute atomic E-state index is 12.7. The second-order valence-electron chi connectivity index (χ2n) is 6.53. The van der Waals surface area contributed by atoms with Crippen molar-refractivity contribution in [1.29, 1.82) is 0 Å². The van der Waals surface area contributed by atoms with Crippen LogP contribution in [0.5, 0.6) is 0 Å². The number of carbonyl (C=O) groups excluding carboxylic acids is 1. The van der Waals surface area contributed by atoms with Crippen molar-refractivity contribution < 1.29 is 19.3 Å². The van der Waals surface area contributed by atoms with Gasteiger partial charge in [-0.2, -0.15) is 0 Å². The molecule has 0 spiro atoms. The van der Waals surface area contributed by atoms with Crippen LogP contribution >= 0.6 is 0 Å². The fraction of sp³-hybridized carbons (Fsp3) is 0.143. The molecule has 2 aromatic carbocycles. The zero-order chi connectivity index (χ0) is 22.1. The van der Waals surface area contributed by atoms with Gasteiger partial charge >= 0.3 is 0 Å². The number of nitrogens with one attached hydrogen (secondary N) is 1. The van der Waals surface area contributed by atoms with Crippen LogP contribution < -0.4 is 21.6 Å². The third kappa shape index (κ3) is 7.19. The number of rotatable bonds is 5. The minimum Gasteiger partial charge on any atom is -0.545 e. The highest BCUT2D eigenvalue weighted by atomic mass is 19.1. The number of hydrogen-bond acceptors (Lipinski definition) is 6. The maximum atomic E-state index is 12.7. The number of pyridine rings is 1. The van der Waals surface area contributed by atoms with E-state index in [1.165, 1.54) is 29.3 Å². The Morgan fingerprint density at radius 1 is 1.10 bits per heavy atom. The third-order valence-electron chi connectivity index (χ3n) is 3.82. The number of aromatic nitrogens is 1. The zero-order valence-corrected chi connectivity index (χ0v) is 16.7. The topological polar surface area (TPSA) is 134 Å². The molecular weight excluding hydrogens is 387 g/mol. The van der Waals surface area contributed by atoms with Crippen molar-refractivity contribution in [2.75, 3.05) is 25.6 Å². The molecule has 0 saturated carbocycles. The molecule has 30 heavy (non-hydrogen) atoms. The summed E-state index contributed by atoms with van der Waals surface area (Å²) in [6.07, 6.45) is 0.656. The summed E-state index contributed by atoms with van der Waals surface area (Å²) >= 11 is 0. The molecule has 3 rings (SSSR count). The van der Waals surface area contributed by atoms with E-state index in [1.54, 1.807) is 44.4 Å². The molecule has 0 fully saturated rings.